The molecule has 100 valence electrons. The molecular weight excluding hydrogens is 344 g/mol. The van der Waals surface area contributed by atoms with Gasteiger partial charge < -0.3 is 5.32 Å². The van der Waals surface area contributed by atoms with E-state index >= 15 is 0 Å². The van der Waals surface area contributed by atoms with Crippen LogP contribution >= 0.6 is 15.9 Å². The number of halogens is 1. The lowest BCUT2D eigenvalue weighted by Crippen LogP contribution is -2.13. The zero-order chi connectivity index (χ0) is 14.0. The normalized spacial score (nSPS) is 11.9. The van der Waals surface area contributed by atoms with E-state index in [1.165, 1.54) is 6.20 Å². The lowest BCUT2D eigenvalue weighted by molar-refractivity contribution is 0.601. The fourth-order valence-corrected chi connectivity index (χ4v) is 4.06. The maximum absolute atomic E-state index is 11.3. The Kier molecular flexibility index (Phi) is 4.51. The SMILES string of the molecule is CS(=O)(=O)C(=CNc1ccc(Br)cn1)S(C)(=O)=O. The van der Waals surface area contributed by atoms with Crippen molar-refractivity contribution in [2.75, 3.05) is 17.8 Å². The van der Waals surface area contributed by atoms with Gasteiger partial charge in [0.25, 0.3) is 0 Å². The first-order valence-corrected chi connectivity index (χ1v) is 9.16. The fraction of sp³-hybridized carbons (Fsp3) is 0.222. The molecule has 18 heavy (non-hydrogen) atoms. The summed E-state index contributed by atoms with van der Waals surface area (Å²) < 4.78 is 45.4. The van der Waals surface area contributed by atoms with E-state index < -0.39 is 23.9 Å². The Morgan fingerprint density at radius 1 is 1.22 bits per heavy atom. The van der Waals surface area contributed by atoms with Gasteiger partial charge in [-0.1, -0.05) is 0 Å². The van der Waals surface area contributed by atoms with Crippen molar-refractivity contribution in [1.29, 1.82) is 0 Å². The molecule has 1 aromatic heterocycles. The average Bonchev–Trinajstić information content (AvgIpc) is 2.17. The monoisotopic (exact) mass is 354 g/mol. The van der Waals surface area contributed by atoms with Crippen molar-refractivity contribution >= 4 is 41.4 Å². The molecule has 0 atom stereocenters. The van der Waals surface area contributed by atoms with Crippen LogP contribution in [0.4, 0.5) is 5.82 Å². The number of sulfone groups is 2. The van der Waals surface area contributed by atoms with E-state index in [4.69, 9.17) is 0 Å². The number of nitrogens with one attached hydrogen (secondary N) is 1. The highest BCUT2D eigenvalue weighted by Gasteiger charge is 2.22. The van der Waals surface area contributed by atoms with Gasteiger partial charge in [0.2, 0.25) is 0 Å². The number of nitrogens with zero attached hydrogens (tertiary/aromatic N) is 1. The number of hydrogen-bond donors (Lipinski definition) is 1. The van der Waals surface area contributed by atoms with Gasteiger partial charge in [0.05, 0.1) is 0 Å². The van der Waals surface area contributed by atoms with E-state index in [9.17, 15) is 16.8 Å². The molecule has 0 aliphatic rings. The van der Waals surface area contributed by atoms with Crippen LogP contribution in [0.5, 0.6) is 0 Å². The Morgan fingerprint density at radius 2 is 1.78 bits per heavy atom. The molecule has 0 aliphatic carbocycles. The Balaban J connectivity index is 3.10. The van der Waals surface area contributed by atoms with Crippen molar-refractivity contribution in [3.8, 4) is 0 Å². The minimum absolute atomic E-state index is 0.336. The van der Waals surface area contributed by atoms with Gasteiger partial charge in [-0.05, 0) is 28.1 Å². The number of anilines is 1. The van der Waals surface area contributed by atoms with Crippen molar-refractivity contribution in [3.63, 3.8) is 0 Å². The predicted molar refractivity (Wildman–Crippen MR) is 73.3 cm³/mol. The lowest BCUT2D eigenvalue weighted by atomic mass is 10.5. The standard InChI is InChI=1S/C9H11BrN2O4S2/c1-17(13,14)9(18(2,15)16)6-12-8-4-3-7(10)5-11-8/h3-6H,1-2H3,(H,11,12). The Morgan fingerprint density at radius 3 is 2.17 bits per heavy atom. The molecular formula is C9H11BrN2O4S2. The molecule has 0 saturated carbocycles. The lowest BCUT2D eigenvalue weighted by Gasteiger charge is -2.04. The Hall–Kier alpha value is -0.930. The zero-order valence-electron chi connectivity index (χ0n) is 9.58. The molecule has 1 rings (SSSR count). The molecule has 0 amide bonds. The molecule has 0 saturated heterocycles. The van der Waals surface area contributed by atoms with Gasteiger partial charge in [-0.25, -0.2) is 21.8 Å². The van der Waals surface area contributed by atoms with Crippen LogP contribution in [0.15, 0.2) is 33.2 Å². The second kappa shape index (κ2) is 5.37. The van der Waals surface area contributed by atoms with Gasteiger partial charge in [0, 0.05) is 29.4 Å². The minimum Gasteiger partial charge on any atom is -0.345 e. The summed E-state index contributed by atoms with van der Waals surface area (Å²) in [6.07, 6.45) is 4.07. The molecule has 1 heterocycles. The zero-order valence-corrected chi connectivity index (χ0v) is 12.8. The van der Waals surface area contributed by atoms with Gasteiger partial charge in [0.1, 0.15) is 5.82 Å². The Labute approximate surface area is 114 Å². The van der Waals surface area contributed by atoms with Gasteiger partial charge in [-0.3, -0.25) is 0 Å². The van der Waals surface area contributed by atoms with Crippen LogP contribution in [0.25, 0.3) is 0 Å². The highest BCUT2D eigenvalue weighted by molar-refractivity contribution is 9.10. The van der Waals surface area contributed by atoms with Gasteiger partial charge in [0.15, 0.2) is 23.9 Å². The van der Waals surface area contributed by atoms with E-state index in [-0.39, 0.29) is 0 Å². The highest BCUT2D eigenvalue weighted by Crippen LogP contribution is 2.14. The number of hydrogen-bond acceptors (Lipinski definition) is 6. The largest absolute Gasteiger partial charge is 0.345 e. The summed E-state index contributed by atoms with van der Waals surface area (Å²) in [6.45, 7) is 0. The maximum atomic E-state index is 11.3. The molecule has 0 bridgehead atoms. The predicted octanol–water partition coefficient (Wildman–Crippen LogP) is 1.14. The van der Waals surface area contributed by atoms with Crippen LogP contribution in [0.2, 0.25) is 0 Å². The third-order valence-electron chi connectivity index (χ3n) is 1.80. The molecule has 1 N–H and O–H groups in total. The van der Waals surface area contributed by atoms with Crippen molar-refractivity contribution in [1.82, 2.24) is 4.98 Å². The van der Waals surface area contributed by atoms with Gasteiger partial charge in [-0.15, -0.1) is 0 Å². The summed E-state index contributed by atoms with van der Waals surface area (Å²) in [4.78, 5) is 3.92. The maximum Gasteiger partial charge on any atom is 0.187 e. The van der Waals surface area contributed by atoms with Crippen LogP contribution in [-0.2, 0) is 19.7 Å². The topological polar surface area (TPSA) is 93.2 Å². The molecule has 6 nitrogen and oxygen atoms in total. The van der Waals surface area contributed by atoms with Crippen molar-refractivity contribution in [2.45, 2.75) is 0 Å². The van der Waals surface area contributed by atoms with Crippen LogP contribution in [0, 0.1) is 0 Å². The van der Waals surface area contributed by atoms with E-state index in [0.717, 1.165) is 23.2 Å². The first-order chi connectivity index (χ1) is 8.10. The fourth-order valence-electron chi connectivity index (χ4n) is 1.08. The van der Waals surface area contributed by atoms with E-state index in [2.05, 4.69) is 26.2 Å². The van der Waals surface area contributed by atoms with Crippen LogP contribution in [-0.4, -0.2) is 34.3 Å². The molecule has 0 spiro atoms. The van der Waals surface area contributed by atoms with Crippen molar-refractivity contribution in [2.24, 2.45) is 0 Å². The van der Waals surface area contributed by atoms with E-state index in [1.807, 2.05) is 0 Å². The molecule has 1 aromatic rings. The number of aromatic nitrogens is 1. The molecule has 0 fully saturated rings. The molecule has 0 unspecified atom stereocenters. The van der Waals surface area contributed by atoms with Crippen molar-refractivity contribution < 1.29 is 16.8 Å². The second-order valence-electron chi connectivity index (χ2n) is 3.51. The van der Waals surface area contributed by atoms with Crippen LogP contribution in [0.3, 0.4) is 0 Å². The second-order valence-corrected chi connectivity index (χ2v) is 8.66. The summed E-state index contributed by atoms with van der Waals surface area (Å²) in [5.74, 6) is 0.336. The minimum atomic E-state index is -3.83. The summed E-state index contributed by atoms with van der Waals surface area (Å²) in [5.41, 5.74) is 0. The molecule has 0 aliphatic heterocycles. The smallest absolute Gasteiger partial charge is 0.187 e. The third-order valence-corrected chi connectivity index (χ3v) is 5.78. The molecule has 9 heteroatoms. The van der Waals surface area contributed by atoms with Gasteiger partial charge in [-0.2, -0.15) is 0 Å². The van der Waals surface area contributed by atoms with Crippen molar-refractivity contribution in [3.05, 3.63) is 33.2 Å². The summed E-state index contributed by atoms with van der Waals surface area (Å²) in [7, 11) is -7.65. The summed E-state index contributed by atoms with van der Waals surface area (Å²) in [5, 5.41) is 2.53. The summed E-state index contributed by atoms with van der Waals surface area (Å²) in [6, 6.07) is 3.26. The van der Waals surface area contributed by atoms with E-state index in [1.54, 1.807) is 12.1 Å². The molecule has 0 radical (unpaired) electrons. The summed E-state index contributed by atoms with van der Waals surface area (Å²) >= 11 is 3.19. The quantitative estimate of drug-likeness (QED) is 0.871. The Bertz CT molecular complexity index is 629. The number of pyridine rings is 1. The first-order valence-electron chi connectivity index (χ1n) is 4.59. The van der Waals surface area contributed by atoms with Crippen LogP contribution in [0.1, 0.15) is 0 Å². The van der Waals surface area contributed by atoms with Crippen LogP contribution < -0.4 is 5.32 Å². The van der Waals surface area contributed by atoms with E-state index in [0.29, 0.717) is 5.82 Å². The number of rotatable bonds is 4. The first kappa shape index (κ1) is 15.1. The highest BCUT2D eigenvalue weighted by atomic mass is 79.9. The molecule has 0 aromatic carbocycles. The van der Waals surface area contributed by atoms with Gasteiger partial charge >= 0.3 is 0 Å². The third kappa shape index (κ3) is 4.39. The average molecular weight is 355 g/mol.